The summed E-state index contributed by atoms with van der Waals surface area (Å²) < 4.78 is 0. The minimum Gasteiger partial charge on any atom is -0.384 e. The second-order valence-electron chi connectivity index (χ2n) is 4.43. The molecule has 0 heterocycles. The van der Waals surface area contributed by atoms with Gasteiger partial charge >= 0.3 is 0 Å². The smallest absolute Gasteiger partial charge is 0.106 e. The highest BCUT2D eigenvalue weighted by Gasteiger charge is 2.16. The molecule has 0 bridgehead atoms. The van der Waals surface area contributed by atoms with Crippen LogP contribution >= 0.6 is 23.2 Å². The van der Waals surface area contributed by atoms with Gasteiger partial charge in [0.15, 0.2) is 0 Å². The summed E-state index contributed by atoms with van der Waals surface area (Å²) in [7, 11) is 0. The minimum absolute atomic E-state index is 0.482. The number of hydrogen-bond acceptors (Lipinski definition) is 1. The number of rotatable bonds is 2. The second kappa shape index (κ2) is 5.31. The van der Waals surface area contributed by atoms with Crippen molar-refractivity contribution in [1.82, 2.24) is 0 Å². The molecule has 0 amide bonds. The predicted molar refractivity (Wildman–Crippen MR) is 76.4 cm³/mol. The Morgan fingerprint density at radius 3 is 2.33 bits per heavy atom. The molecule has 0 aliphatic carbocycles. The molecule has 2 rings (SSSR count). The first-order chi connectivity index (χ1) is 8.49. The first-order valence-corrected chi connectivity index (χ1v) is 6.45. The maximum Gasteiger partial charge on any atom is 0.106 e. The van der Waals surface area contributed by atoms with E-state index < -0.39 is 6.10 Å². The van der Waals surface area contributed by atoms with Crippen LogP contribution in [0.5, 0.6) is 0 Å². The van der Waals surface area contributed by atoms with E-state index in [4.69, 9.17) is 23.2 Å². The van der Waals surface area contributed by atoms with Gasteiger partial charge in [0.2, 0.25) is 0 Å². The molecular formula is C15H14Cl2O. The van der Waals surface area contributed by atoms with Crippen LogP contribution in [0.15, 0.2) is 36.4 Å². The van der Waals surface area contributed by atoms with E-state index in [2.05, 4.69) is 0 Å². The van der Waals surface area contributed by atoms with E-state index in [9.17, 15) is 5.11 Å². The fourth-order valence-electron chi connectivity index (χ4n) is 1.95. The lowest BCUT2D eigenvalue weighted by Crippen LogP contribution is -2.03. The molecule has 0 fully saturated rings. The van der Waals surface area contributed by atoms with Gasteiger partial charge in [-0.2, -0.15) is 0 Å². The Labute approximate surface area is 117 Å². The number of hydrogen-bond donors (Lipinski definition) is 1. The zero-order valence-corrected chi connectivity index (χ0v) is 11.8. The molecule has 94 valence electrons. The predicted octanol–water partition coefficient (Wildman–Crippen LogP) is 4.69. The van der Waals surface area contributed by atoms with Crippen LogP contribution in [-0.2, 0) is 0 Å². The Hall–Kier alpha value is -1.02. The number of halogens is 2. The van der Waals surface area contributed by atoms with Crippen molar-refractivity contribution < 1.29 is 5.11 Å². The summed E-state index contributed by atoms with van der Waals surface area (Å²) in [6.45, 7) is 3.97. The lowest BCUT2D eigenvalue weighted by atomic mass is 9.96. The average molecular weight is 281 g/mol. The van der Waals surface area contributed by atoms with Gasteiger partial charge in [0.1, 0.15) is 6.10 Å². The third-order valence-electron chi connectivity index (χ3n) is 2.99. The van der Waals surface area contributed by atoms with Crippen molar-refractivity contribution in [2.75, 3.05) is 0 Å². The number of aryl methyl sites for hydroxylation is 2. The van der Waals surface area contributed by atoms with E-state index in [1.165, 1.54) is 0 Å². The monoisotopic (exact) mass is 280 g/mol. The van der Waals surface area contributed by atoms with Gasteiger partial charge in [0.25, 0.3) is 0 Å². The van der Waals surface area contributed by atoms with Crippen molar-refractivity contribution in [2.24, 2.45) is 0 Å². The highest BCUT2D eigenvalue weighted by Crippen LogP contribution is 2.32. The third-order valence-corrected chi connectivity index (χ3v) is 3.55. The molecule has 1 nitrogen and oxygen atoms in total. The van der Waals surface area contributed by atoms with Crippen LogP contribution in [0.2, 0.25) is 10.0 Å². The molecule has 0 spiro atoms. The maximum absolute atomic E-state index is 10.4. The van der Waals surface area contributed by atoms with Gasteiger partial charge in [0.05, 0.1) is 0 Å². The molecule has 0 radical (unpaired) electrons. The summed E-state index contributed by atoms with van der Waals surface area (Å²) in [6.07, 6.45) is -0.727. The molecule has 2 aromatic rings. The summed E-state index contributed by atoms with van der Waals surface area (Å²) >= 11 is 12.0. The quantitative estimate of drug-likeness (QED) is 0.846. The molecular weight excluding hydrogens is 267 g/mol. The van der Waals surface area contributed by atoms with Crippen LogP contribution in [-0.4, -0.2) is 5.11 Å². The van der Waals surface area contributed by atoms with Gasteiger partial charge in [0, 0.05) is 15.6 Å². The van der Waals surface area contributed by atoms with Crippen molar-refractivity contribution >= 4 is 23.2 Å². The van der Waals surface area contributed by atoms with E-state index in [0.717, 1.165) is 16.7 Å². The Morgan fingerprint density at radius 1 is 0.944 bits per heavy atom. The van der Waals surface area contributed by atoms with Gasteiger partial charge in [-0.1, -0.05) is 53.0 Å². The summed E-state index contributed by atoms with van der Waals surface area (Å²) in [5.74, 6) is 0. The van der Waals surface area contributed by atoms with Crippen LogP contribution in [0, 0.1) is 13.8 Å². The first-order valence-electron chi connectivity index (χ1n) is 5.69. The standard InChI is InChI=1S/C15H14Cl2O/c1-9-3-4-10(2)13(7-9)15(18)12-6-5-11(16)8-14(12)17/h3-8,15,18H,1-2H3/t15-/m0/s1. The van der Waals surface area contributed by atoms with E-state index in [1.54, 1.807) is 18.2 Å². The van der Waals surface area contributed by atoms with Crippen molar-refractivity contribution in [3.05, 3.63) is 68.7 Å². The number of aliphatic hydroxyl groups excluding tert-OH is 1. The molecule has 0 aromatic heterocycles. The molecule has 1 atom stereocenters. The minimum atomic E-state index is -0.727. The zero-order valence-electron chi connectivity index (χ0n) is 10.2. The lowest BCUT2D eigenvalue weighted by Gasteiger charge is -2.16. The molecule has 18 heavy (non-hydrogen) atoms. The second-order valence-corrected chi connectivity index (χ2v) is 5.27. The SMILES string of the molecule is Cc1ccc(C)c([C@@H](O)c2ccc(Cl)cc2Cl)c1. The molecule has 0 saturated heterocycles. The van der Waals surface area contributed by atoms with Gasteiger partial charge in [-0.15, -0.1) is 0 Å². The maximum atomic E-state index is 10.4. The number of benzene rings is 2. The van der Waals surface area contributed by atoms with E-state index in [0.29, 0.717) is 15.6 Å². The average Bonchev–Trinajstić information content (AvgIpc) is 2.31. The summed E-state index contributed by atoms with van der Waals surface area (Å²) in [6, 6.07) is 11.1. The number of aliphatic hydroxyl groups is 1. The molecule has 0 aliphatic heterocycles. The molecule has 0 unspecified atom stereocenters. The molecule has 1 N–H and O–H groups in total. The molecule has 3 heteroatoms. The van der Waals surface area contributed by atoms with E-state index >= 15 is 0 Å². The Morgan fingerprint density at radius 2 is 1.67 bits per heavy atom. The zero-order chi connectivity index (χ0) is 13.3. The van der Waals surface area contributed by atoms with Crippen LogP contribution in [0.25, 0.3) is 0 Å². The Balaban J connectivity index is 2.47. The van der Waals surface area contributed by atoms with Crippen molar-refractivity contribution in [1.29, 1.82) is 0 Å². The van der Waals surface area contributed by atoms with Gasteiger partial charge < -0.3 is 5.11 Å². The topological polar surface area (TPSA) is 20.2 Å². The molecule has 2 aromatic carbocycles. The fourth-order valence-corrected chi connectivity index (χ4v) is 2.46. The summed E-state index contributed by atoms with van der Waals surface area (Å²) in [4.78, 5) is 0. The first kappa shape index (κ1) is 13.4. The van der Waals surface area contributed by atoms with E-state index in [1.807, 2.05) is 32.0 Å². The van der Waals surface area contributed by atoms with Gasteiger partial charge in [-0.05, 0) is 37.1 Å². The Bertz CT molecular complexity index is 579. The van der Waals surface area contributed by atoms with Crippen molar-refractivity contribution in [2.45, 2.75) is 20.0 Å². The largest absolute Gasteiger partial charge is 0.384 e. The normalized spacial score (nSPS) is 12.5. The van der Waals surface area contributed by atoms with Crippen LogP contribution in [0.1, 0.15) is 28.4 Å². The summed E-state index contributed by atoms with van der Waals surface area (Å²) in [5, 5.41) is 11.5. The third kappa shape index (κ3) is 2.69. The van der Waals surface area contributed by atoms with Crippen LogP contribution in [0.4, 0.5) is 0 Å². The van der Waals surface area contributed by atoms with Crippen LogP contribution in [0.3, 0.4) is 0 Å². The molecule has 0 saturated carbocycles. The summed E-state index contributed by atoms with van der Waals surface area (Å²) in [5.41, 5.74) is 3.70. The highest BCUT2D eigenvalue weighted by atomic mass is 35.5. The highest BCUT2D eigenvalue weighted by molar-refractivity contribution is 6.35. The van der Waals surface area contributed by atoms with Gasteiger partial charge in [-0.3, -0.25) is 0 Å². The van der Waals surface area contributed by atoms with E-state index in [-0.39, 0.29) is 0 Å². The lowest BCUT2D eigenvalue weighted by molar-refractivity contribution is 0.219. The molecule has 0 aliphatic rings. The van der Waals surface area contributed by atoms with Crippen molar-refractivity contribution in [3.8, 4) is 0 Å². The van der Waals surface area contributed by atoms with Crippen molar-refractivity contribution in [3.63, 3.8) is 0 Å². The fraction of sp³-hybridized carbons (Fsp3) is 0.200. The van der Waals surface area contributed by atoms with Crippen LogP contribution < -0.4 is 0 Å². The Kier molecular flexibility index (Phi) is 3.96. The van der Waals surface area contributed by atoms with Gasteiger partial charge in [-0.25, -0.2) is 0 Å².